The molecule has 0 N–H and O–H groups in total. The summed E-state index contributed by atoms with van der Waals surface area (Å²) in [6.45, 7) is 11.0. The van der Waals surface area contributed by atoms with Gasteiger partial charge in [-0.05, 0) is 62.0 Å². The van der Waals surface area contributed by atoms with Crippen molar-refractivity contribution in [1.82, 2.24) is 0 Å². The van der Waals surface area contributed by atoms with Crippen LogP contribution in [0.1, 0.15) is 56.8 Å². The largest absolute Gasteiger partial charge is 0.465 e. The lowest BCUT2D eigenvalue weighted by Crippen LogP contribution is -2.45. The molecule has 1 aromatic rings. The summed E-state index contributed by atoms with van der Waals surface area (Å²) in [6, 6.07) is 4.23. The van der Waals surface area contributed by atoms with Crippen LogP contribution < -0.4 is 0 Å². The molecule has 0 bridgehead atoms. The monoisotopic (exact) mass is 446 g/mol. The third-order valence-corrected chi connectivity index (χ3v) is 13.3. The van der Waals surface area contributed by atoms with Gasteiger partial charge in [0.05, 0.1) is 27.8 Å². The number of carbonyl (C=O) groups excluding carboxylic acids is 1. The third kappa shape index (κ3) is 4.98. The number of ether oxygens (including phenoxy) is 1. The molecule has 28 heavy (non-hydrogen) atoms. The van der Waals surface area contributed by atoms with Gasteiger partial charge in [-0.1, -0.05) is 32.4 Å². The molecule has 0 atom stereocenters. The number of benzene rings is 1. The summed E-state index contributed by atoms with van der Waals surface area (Å²) in [5.74, 6) is -0.584. The van der Waals surface area contributed by atoms with Crippen molar-refractivity contribution >= 4 is 35.7 Å². The molecule has 0 unspecified atom stereocenters. The molecule has 2 rings (SSSR count). The summed E-state index contributed by atoms with van der Waals surface area (Å²) in [7, 11) is -4.26. The van der Waals surface area contributed by atoms with E-state index in [-0.39, 0.29) is 26.6 Å². The minimum absolute atomic E-state index is 0.00540. The van der Waals surface area contributed by atoms with Crippen molar-refractivity contribution in [1.29, 1.82) is 0 Å². The highest BCUT2D eigenvalue weighted by Crippen LogP contribution is 2.40. The van der Waals surface area contributed by atoms with Gasteiger partial charge in [0, 0.05) is 6.10 Å². The summed E-state index contributed by atoms with van der Waals surface area (Å²) in [5.41, 5.74) is 0.181. The number of esters is 1. The molecule has 0 amide bonds. The van der Waals surface area contributed by atoms with Crippen LogP contribution in [0.2, 0.25) is 23.2 Å². The molecule has 0 radical (unpaired) electrons. The highest BCUT2D eigenvalue weighted by Gasteiger charge is 2.41. The summed E-state index contributed by atoms with van der Waals surface area (Å²) in [4.78, 5) is 11.8. The van der Waals surface area contributed by atoms with E-state index >= 15 is 0 Å². The fourth-order valence-electron chi connectivity index (χ4n) is 3.20. The molecule has 1 saturated carbocycles. The first-order chi connectivity index (χ1) is 12.8. The van der Waals surface area contributed by atoms with Gasteiger partial charge in [0.25, 0.3) is 0 Å². The Morgan fingerprint density at radius 2 is 1.71 bits per heavy atom. The number of rotatable bonds is 5. The molecule has 1 aliphatic rings. The zero-order valence-electron chi connectivity index (χ0n) is 17.5. The van der Waals surface area contributed by atoms with Gasteiger partial charge in [0.1, 0.15) is 0 Å². The second-order valence-corrected chi connectivity index (χ2v) is 16.3. The maximum atomic E-state index is 13.2. The zero-order chi connectivity index (χ0) is 21.3. The summed E-state index contributed by atoms with van der Waals surface area (Å²) in [5, 5.41) is -0.262. The van der Waals surface area contributed by atoms with Gasteiger partial charge in [0.2, 0.25) is 0 Å². The maximum Gasteiger partial charge on any atom is 0.337 e. The molecule has 0 heterocycles. The summed E-state index contributed by atoms with van der Waals surface area (Å²) in [6.07, 6.45) is 2.58. The quantitative estimate of drug-likeness (QED) is 0.457. The van der Waals surface area contributed by atoms with Gasteiger partial charge in [-0.2, -0.15) is 0 Å². The average molecular weight is 447 g/mol. The van der Waals surface area contributed by atoms with Crippen molar-refractivity contribution in [3.8, 4) is 0 Å². The number of hydrogen-bond acceptors (Lipinski definition) is 5. The van der Waals surface area contributed by atoms with E-state index in [9.17, 15) is 13.2 Å². The Balaban J connectivity index is 2.15. The fraction of sp³-hybridized carbons (Fsp3) is 0.650. The van der Waals surface area contributed by atoms with Crippen molar-refractivity contribution in [2.24, 2.45) is 0 Å². The van der Waals surface area contributed by atoms with Crippen LogP contribution in [0, 0.1) is 0 Å². The van der Waals surface area contributed by atoms with E-state index in [1.54, 1.807) is 0 Å². The van der Waals surface area contributed by atoms with Crippen LogP contribution in [0.25, 0.3) is 0 Å². The standard InChI is InChI=1S/C20H31ClO5SSi/c1-20(2,3)28(5,6)26-15-8-10-16(11-9-15)27(23,24)18-13-14(19(22)25-4)7-12-17(18)21/h7,12-13,15-16H,8-11H2,1-6H3/t15-,16-. The SMILES string of the molecule is COC(=O)c1ccc(Cl)c(S(=O)(=O)[C@H]2CC[C@H](O[Si](C)(C)C(C)(C)C)CC2)c1. The molecule has 0 aliphatic heterocycles. The highest BCUT2D eigenvalue weighted by molar-refractivity contribution is 7.92. The molecule has 1 fully saturated rings. The van der Waals surface area contributed by atoms with Gasteiger partial charge in [-0.25, -0.2) is 13.2 Å². The smallest absolute Gasteiger partial charge is 0.337 e. The highest BCUT2D eigenvalue weighted by atomic mass is 35.5. The molecular weight excluding hydrogens is 416 g/mol. The Kier molecular flexibility index (Phi) is 7.07. The Labute approximate surface area is 174 Å². The number of carbonyl (C=O) groups is 1. The lowest BCUT2D eigenvalue weighted by molar-refractivity contribution is 0.0600. The van der Waals surface area contributed by atoms with Gasteiger partial charge in [-0.3, -0.25) is 0 Å². The minimum atomic E-state index is -3.64. The average Bonchev–Trinajstić information content (AvgIpc) is 2.60. The molecule has 158 valence electrons. The Morgan fingerprint density at radius 1 is 1.14 bits per heavy atom. The summed E-state index contributed by atoms with van der Waals surface area (Å²) >= 11 is 6.16. The van der Waals surface area contributed by atoms with Gasteiger partial charge >= 0.3 is 5.97 Å². The zero-order valence-corrected chi connectivity index (χ0v) is 20.1. The first kappa shape index (κ1) is 23.4. The van der Waals surface area contributed by atoms with Crippen LogP contribution in [0.3, 0.4) is 0 Å². The number of methoxy groups -OCH3 is 1. The van der Waals surface area contributed by atoms with E-state index in [1.807, 2.05) is 0 Å². The summed E-state index contributed by atoms with van der Waals surface area (Å²) < 4.78 is 37.5. The van der Waals surface area contributed by atoms with Crippen molar-refractivity contribution in [3.05, 3.63) is 28.8 Å². The minimum Gasteiger partial charge on any atom is -0.465 e. The van der Waals surface area contributed by atoms with E-state index in [4.69, 9.17) is 16.0 Å². The van der Waals surface area contributed by atoms with E-state index in [0.717, 1.165) is 0 Å². The predicted molar refractivity (Wildman–Crippen MR) is 114 cm³/mol. The Hall–Kier alpha value is -0.893. The first-order valence-electron chi connectivity index (χ1n) is 9.59. The topological polar surface area (TPSA) is 69.7 Å². The third-order valence-electron chi connectivity index (χ3n) is 5.99. The lowest BCUT2D eigenvalue weighted by atomic mass is 9.97. The number of hydrogen-bond donors (Lipinski definition) is 0. The second kappa shape index (κ2) is 8.46. The molecule has 0 spiro atoms. The molecule has 0 aromatic heterocycles. The van der Waals surface area contributed by atoms with E-state index in [1.165, 1.54) is 25.3 Å². The van der Waals surface area contributed by atoms with Crippen molar-refractivity contribution in [2.45, 2.75) is 80.8 Å². The van der Waals surface area contributed by atoms with Gasteiger partial charge in [0.15, 0.2) is 18.2 Å². The molecule has 8 heteroatoms. The van der Waals surface area contributed by atoms with Crippen molar-refractivity contribution in [3.63, 3.8) is 0 Å². The van der Waals surface area contributed by atoms with Crippen LogP contribution in [0.4, 0.5) is 0 Å². The molecule has 5 nitrogen and oxygen atoms in total. The van der Waals surface area contributed by atoms with E-state index in [2.05, 4.69) is 38.6 Å². The Bertz CT molecular complexity index is 821. The molecular formula is C20H31ClO5SSi. The van der Waals surface area contributed by atoms with Crippen LogP contribution in [-0.2, 0) is 19.0 Å². The second-order valence-electron chi connectivity index (χ2n) is 8.96. The Morgan fingerprint density at radius 3 is 2.21 bits per heavy atom. The van der Waals surface area contributed by atoms with Crippen LogP contribution in [-0.4, -0.2) is 41.2 Å². The van der Waals surface area contributed by atoms with E-state index in [0.29, 0.717) is 25.7 Å². The van der Waals surface area contributed by atoms with Crippen LogP contribution in [0.5, 0.6) is 0 Å². The first-order valence-corrected chi connectivity index (χ1v) is 14.4. The normalized spacial score (nSPS) is 21.4. The predicted octanol–water partition coefficient (Wildman–Crippen LogP) is 5.23. The molecule has 1 aliphatic carbocycles. The van der Waals surface area contributed by atoms with Crippen LogP contribution in [0.15, 0.2) is 23.1 Å². The number of halogens is 1. The van der Waals surface area contributed by atoms with Gasteiger partial charge < -0.3 is 9.16 Å². The fourth-order valence-corrected chi connectivity index (χ4v) is 6.95. The van der Waals surface area contributed by atoms with Crippen molar-refractivity contribution < 1.29 is 22.4 Å². The lowest BCUT2D eigenvalue weighted by Gasteiger charge is -2.41. The van der Waals surface area contributed by atoms with Gasteiger partial charge in [-0.15, -0.1) is 0 Å². The maximum absolute atomic E-state index is 13.2. The van der Waals surface area contributed by atoms with Crippen LogP contribution >= 0.6 is 11.6 Å². The van der Waals surface area contributed by atoms with E-state index < -0.39 is 29.4 Å². The molecule has 1 aromatic carbocycles. The number of sulfone groups is 1. The van der Waals surface area contributed by atoms with Crippen molar-refractivity contribution in [2.75, 3.05) is 7.11 Å². The molecule has 0 saturated heterocycles.